The summed E-state index contributed by atoms with van der Waals surface area (Å²) in [6.45, 7) is 5.23. The lowest BCUT2D eigenvalue weighted by Gasteiger charge is -2.19. The van der Waals surface area contributed by atoms with E-state index < -0.39 is 11.2 Å². The average molecular weight is 269 g/mol. The van der Waals surface area contributed by atoms with Crippen molar-refractivity contribution in [3.05, 3.63) is 28.3 Å². The quantitative estimate of drug-likeness (QED) is 0.747. The maximum Gasteiger partial charge on any atom is 0.320 e. The zero-order chi connectivity index (χ0) is 14.3. The smallest absolute Gasteiger partial charge is 0.320 e. The summed E-state index contributed by atoms with van der Waals surface area (Å²) < 4.78 is 10.00. The van der Waals surface area contributed by atoms with E-state index in [1.807, 2.05) is 11.8 Å². The molecule has 1 N–H and O–H groups in total. The van der Waals surface area contributed by atoms with E-state index in [0.29, 0.717) is 25.5 Å². The van der Waals surface area contributed by atoms with Gasteiger partial charge >= 0.3 is 5.97 Å². The second-order valence-electron chi connectivity index (χ2n) is 4.11. The molecule has 0 aliphatic heterocycles. The zero-order valence-electron chi connectivity index (χ0n) is 11.2. The van der Waals surface area contributed by atoms with Crippen LogP contribution in [-0.4, -0.2) is 35.7 Å². The molecule has 0 aliphatic rings. The minimum absolute atomic E-state index is 0.145. The van der Waals surface area contributed by atoms with Crippen molar-refractivity contribution in [2.45, 2.75) is 26.8 Å². The van der Waals surface area contributed by atoms with Crippen molar-refractivity contribution in [3.63, 3.8) is 0 Å². The highest BCUT2D eigenvalue weighted by molar-refractivity contribution is 5.71. The van der Waals surface area contributed by atoms with Gasteiger partial charge in [0.25, 0.3) is 0 Å². The molecule has 0 atom stereocenters. The van der Waals surface area contributed by atoms with Crippen molar-refractivity contribution in [2.24, 2.45) is 0 Å². The minimum Gasteiger partial charge on any atom is -0.502 e. The maximum atomic E-state index is 11.4. The fourth-order valence-electron chi connectivity index (χ4n) is 1.67. The summed E-state index contributed by atoms with van der Waals surface area (Å²) in [7, 11) is 0. The second kappa shape index (κ2) is 7.58. The number of nitrogens with zero attached hydrogens (tertiary/aromatic N) is 1. The third kappa shape index (κ3) is 5.13. The predicted molar refractivity (Wildman–Crippen MR) is 68.8 cm³/mol. The minimum atomic E-state index is -0.492. The number of aromatic hydroxyl groups is 1. The summed E-state index contributed by atoms with van der Waals surface area (Å²) in [6.07, 6.45) is 1.87. The molecule has 0 amide bonds. The first-order chi connectivity index (χ1) is 9.06. The first-order valence-electron chi connectivity index (χ1n) is 6.25. The van der Waals surface area contributed by atoms with Crippen molar-refractivity contribution in [2.75, 3.05) is 19.7 Å². The topological polar surface area (TPSA) is 80.0 Å². The number of esters is 1. The Kier molecular flexibility index (Phi) is 6.08. The number of carbonyl (C=O) groups excluding carboxylic acids is 1. The summed E-state index contributed by atoms with van der Waals surface area (Å²) in [6, 6.07) is 1.23. The molecule has 0 saturated carbocycles. The Bertz CT molecular complexity index is 468. The fraction of sp³-hybridized carbons (Fsp3) is 0.538. The van der Waals surface area contributed by atoms with Crippen molar-refractivity contribution in [3.8, 4) is 5.75 Å². The molecule has 0 spiro atoms. The Morgan fingerprint density at radius 1 is 1.47 bits per heavy atom. The van der Waals surface area contributed by atoms with Gasteiger partial charge in [0.05, 0.1) is 19.7 Å². The van der Waals surface area contributed by atoms with Gasteiger partial charge < -0.3 is 14.3 Å². The summed E-state index contributed by atoms with van der Waals surface area (Å²) in [5.41, 5.74) is -0.492. The molecule has 0 aromatic carbocycles. The molecular weight excluding hydrogens is 250 g/mol. The van der Waals surface area contributed by atoms with Crippen LogP contribution in [0.5, 0.6) is 5.75 Å². The number of hydrogen-bond acceptors (Lipinski definition) is 6. The predicted octanol–water partition coefficient (Wildman–Crippen LogP) is 1.12. The standard InChI is InChI=1S/C13H19NO5/c1-3-5-14(8-13(17)18-4-2)7-10-6-11(15)12(16)9-19-10/h6,9,16H,3-5,7-8H2,1-2H3. The largest absolute Gasteiger partial charge is 0.502 e. The van der Waals surface area contributed by atoms with Crippen LogP contribution in [-0.2, 0) is 16.1 Å². The van der Waals surface area contributed by atoms with Gasteiger partial charge in [0.1, 0.15) is 12.0 Å². The number of hydrogen-bond donors (Lipinski definition) is 1. The molecule has 1 aromatic heterocycles. The monoisotopic (exact) mass is 269 g/mol. The van der Waals surface area contributed by atoms with E-state index in [4.69, 9.17) is 14.3 Å². The number of ether oxygens (including phenoxy) is 1. The molecule has 106 valence electrons. The Hall–Kier alpha value is -1.82. The van der Waals surface area contributed by atoms with Crippen LogP contribution in [0.3, 0.4) is 0 Å². The Labute approximate surface area is 111 Å². The van der Waals surface area contributed by atoms with Gasteiger partial charge in [-0.05, 0) is 19.9 Å². The summed E-state index contributed by atoms with van der Waals surface area (Å²) >= 11 is 0. The van der Waals surface area contributed by atoms with Crippen LogP contribution in [0.25, 0.3) is 0 Å². The van der Waals surface area contributed by atoms with E-state index in [2.05, 4.69) is 0 Å². The van der Waals surface area contributed by atoms with Gasteiger partial charge in [-0.3, -0.25) is 14.5 Å². The van der Waals surface area contributed by atoms with Crippen LogP contribution in [0.1, 0.15) is 26.0 Å². The van der Waals surface area contributed by atoms with Crippen LogP contribution in [0.4, 0.5) is 0 Å². The third-order valence-electron chi connectivity index (χ3n) is 2.44. The molecule has 0 aliphatic carbocycles. The van der Waals surface area contributed by atoms with Crippen molar-refractivity contribution in [1.82, 2.24) is 4.90 Å². The van der Waals surface area contributed by atoms with Crippen LogP contribution >= 0.6 is 0 Å². The molecule has 6 heteroatoms. The van der Waals surface area contributed by atoms with E-state index in [1.165, 1.54) is 6.07 Å². The van der Waals surface area contributed by atoms with Crippen molar-refractivity contribution >= 4 is 5.97 Å². The zero-order valence-corrected chi connectivity index (χ0v) is 11.2. The number of rotatable bonds is 7. The normalized spacial score (nSPS) is 10.7. The van der Waals surface area contributed by atoms with Gasteiger partial charge in [-0.15, -0.1) is 0 Å². The lowest BCUT2D eigenvalue weighted by Crippen LogP contribution is -2.31. The van der Waals surface area contributed by atoms with Gasteiger partial charge in [0.2, 0.25) is 5.43 Å². The molecule has 6 nitrogen and oxygen atoms in total. The Balaban J connectivity index is 2.69. The van der Waals surface area contributed by atoms with E-state index in [0.717, 1.165) is 12.7 Å². The summed E-state index contributed by atoms with van der Waals surface area (Å²) in [5, 5.41) is 9.10. The lowest BCUT2D eigenvalue weighted by molar-refractivity contribution is -0.144. The number of carbonyl (C=O) groups is 1. The molecular formula is C13H19NO5. The van der Waals surface area contributed by atoms with Crippen molar-refractivity contribution in [1.29, 1.82) is 0 Å². The molecule has 0 bridgehead atoms. The van der Waals surface area contributed by atoms with Gasteiger partial charge in [-0.25, -0.2) is 0 Å². The molecule has 0 saturated heterocycles. The van der Waals surface area contributed by atoms with Gasteiger partial charge in [0.15, 0.2) is 5.75 Å². The van der Waals surface area contributed by atoms with E-state index in [-0.39, 0.29) is 12.5 Å². The highest BCUT2D eigenvalue weighted by Gasteiger charge is 2.13. The maximum absolute atomic E-state index is 11.4. The third-order valence-corrected chi connectivity index (χ3v) is 2.44. The SMILES string of the molecule is CCCN(CC(=O)OCC)Cc1cc(=O)c(O)co1. The molecule has 1 aromatic rings. The van der Waals surface area contributed by atoms with Crippen molar-refractivity contribution < 1.29 is 19.1 Å². The van der Waals surface area contributed by atoms with Crippen LogP contribution in [0.2, 0.25) is 0 Å². The highest BCUT2D eigenvalue weighted by Crippen LogP contribution is 2.07. The van der Waals surface area contributed by atoms with E-state index >= 15 is 0 Å². The molecule has 0 unspecified atom stereocenters. The van der Waals surface area contributed by atoms with Gasteiger partial charge in [-0.1, -0.05) is 6.92 Å². The summed E-state index contributed by atoms with van der Waals surface area (Å²) in [4.78, 5) is 24.6. The fourth-order valence-corrected chi connectivity index (χ4v) is 1.67. The summed E-state index contributed by atoms with van der Waals surface area (Å²) in [5.74, 6) is -0.325. The van der Waals surface area contributed by atoms with Gasteiger partial charge in [-0.2, -0.15) is 0 Å². The Morgan fingerprint density at radius 2 is 2.21 bits per heavy atom. The average Bonchev–Trinajstić information content (AvgIpc) is 2.34. The van der Waals surface area contributed by atoms with E-state index in [9.17, 15) is 9.59 Å². The highest BCUT2D eigenvalue weighted by atomic mass is 16.5. The second-order valence-corrected chi connectivity index (χ2v) is 4.11. The first kappa shape index (κ1) is 15.2. The Morgan fingerprint density at radius 3 is 2.79 bits per heavy atom. The molecule has 0 radical (unpaired) electrons. The van der Waals surface area contributed by atoms with Gasteiger partial charge in [0, 0.05) is 6.07 Å². The van der Waals surface area contributed by atoms with Crippen LogP contribution < -0.4 is 5.43 Å². The lowest BCUT2D eigenvalue weighted by atomic mass is 10.3. The first-order valence-corrected chi connectivity index (χ1v) is 6.25. The van der Waals surface area contributed by atoms with E-state index in [1.54, 1.807) is 6.92 Å². The van der Waals surface area contributed by atoms with Crippen LogP contribution in [0, 0.1) is 0 Å². The van der Waals surface area contributed by atoms with Crippen LogP contribution in [0.15, 0.2) is 21.5 Å². The molecule has 1 heterocycles. The molecule has 0 fully saturated rings. The molecule has 1 rings (SSSR count). The molecule has 19 heavy (non-hydrogen) atoms.